The normalized spacial score (nSPS) is 20.3. The second-order valence-corrected chi connectivity index (χ2v) is 12.0. The molecule has 0 aromatic carbocycles. The van der Waals surface area contributed by atoms with Gasteiger partial charge in [-0.3, -0.25) is 14.5 Å². The third-order valence-electron chi connectivity index (χ3n) is 6.87. The van der Waals surface area contributed by atoms with Crippen LogP contribution in [0.15, 0.2) is 22.6 Å². The molecule has 224 valence electrons. The molecule has 17 nitrogen and oxygen atoms in total. The Morgan fingerprint density at radius 1 is 1.40 bits per heavy atom. The maximum atomic E-state index is 13.2. The molecule has 7 N–H and O–H groups in total. The molecule has 1 saturated heterocycles. The lowest BCUT2D eigenvalue weighted by Gasteiger charge is -2.50. The molecule has 2 atom stereocenters. The number of fused-ring (bicyclic) bond motifs is 2. The second kappa shape index (κ2) is 11.2. The number of oxime groups is 1. The van der Waals surface area contributed by atoms with Gasteiger partial charge in [0.2, 0.25) is 23.3 Å². The van der Waals surface area contributed by atoms with Gasteiger partial charge in [0.1, 0.15) is 11.4 Å². The number of nitrogen functional groups attached to an aromatic ring is 1. The summed E-state index contributed by atoms with van der Waals surface area (Å²) in [6, 6.07) is -1.12. The molecular formula is C23H28N10O7S2. The molecule has 3 aliphatic heterocycles. The summed E-state index contributed by atoms with van der Waals surface area (Å²) in [5, 5.41) is 30.4. The third-order valence-corrected chi connectivity index (χ3v) is 8.75. The summed E-state index contributed by atoms with van der Waals surface area (Å²) in [5.74, 6) is -3.54. The summed E-state index contributed by atoms with van der Waals surface area (Å²) >= 11 is 2.05. The Kier molecular flexibility index (Phi) is 7.82. The molecule has 0 saturated carbocycles. The van der Waals surface area contributed by atoms with Crippen molar-refractivity contribution in [1.82, 2.24) is 24.3 Å². The van der Waals surface area contributed by atoms with Crippen molar-refractivity contribution >= 4 is 63.7 Å². The minimum atomic E-state index is -1.79. The first-order valence-corrected chi connectivity index (χ1v) is 14.6. The van der Waals surface area contributed by atoms with E-state index in [1.54, 1.807) is 0 Å². The lowest BCUT2D eigenvalue weighted by molar-refractivity contribution is -0.768. The average Bonchev–Trinajstić information content (AvgIpc) is 3.54. The van der Waals surface area contributed by atoms with Crippen LogP contribution < -0.4 is 31.9 Å². The number of amides is 2. The van der Waals surface area contributed by atoms with Crippen LogP contribution in [0.2, 0.25) is 0 Å². The molecule has 5 heterocycles. The largest absolute Gasteiger partial charge is 0.543 e. The number of carbonyl (C=O) groups is 4. The van der Waals surface area contributed by atoms with Crippen molar-refractivity contribution in [2.45, 2.75) is 56.9 Å². The second-order valence-electron chi connectivity index (χ2n) is 10.1. The summed E-state index contributed by atoms with van der Waals surface area (Å²) in [7, 11) is 0. The van der Waals surface area contributed by atoms with E-state index in [9.17, 15) is 29.4 Å². The van der Waals surface area contributed by atoms with Crippen molar-refractivity contribution in [3.05, 3.63) is 28.9 Å². The number of anilines is 2. The fourth-order valence-electron chi connectivity index (χ4n) is 4.68. The first kappa shape index (κ1) is 29.3. The zero-order valence-electron chi connectivity index (χ0n) is 22.5. The number of carbonyl (C=O) groups excluding carboxylic acids is 3. The molecule has 0 radical (unpaired) electrons. The molecule has 0 spiro atoms. The van der Waals surface area contributed by atoms with Crippen molar-refractivity contribution in [2.24, 2.45) is 10.9 Å². The summed E-state index contributed by atoms with van der Waals surface area (Å²) in [5.41, 5.74) is 10.4. The van der Waals surface area contributed by atoms with Gasteiger partial charge in [0.05, 0.1) is 23.8 Å². The van der Waals surface area contributed by atoms with E-state index in [-0.39, 0.29) is 29.0 Å². The van der Waals surface area contributed by atoms with Crippen LogP contribution in [-0.4, -0.2) is 82.8 Å². The molecule has 2 amide bonds. The van der Waals surface area contributed by atoms with E-state index in [1.807, 2.05) is 15.6 Å². The van der Waals surface area contributed by atoms with Crippen molar-refractivity contribution in [2.75, 3.05) is 23.3 Å². The minimum absolute atomic E-state index is 0.0180. The van der Waals surface area contributed by atoms with Crippen LogP contribution in [0.3, 0.4) is 0 Å². The highest BCUT2D eigenvalue weighted by Crippen LogP contribution is 2.40. The highest BCUT2D eigenvalue weighted by atomic mass is 32.2. The highest BCUT2D eigenvalue weighted by molar-refractivity contribution is 8.00. The van der Waals surface area contributed by atoms with Crippen LogP contribution in [0, 0.1) is 0 Å². The number of aromatic nitrogens is 4. The van der Waals surface area contributed by atoms with Crippen LogP contribution in [0.25, 0.3) is 0 Å². The van der Waals surface area contributed by atoms with Gasteiger partial charge in [0.15, 0.2) is 17.5 Å². The maximum Gasteiger partial charge on any atom is 0.350 e. The quantitative estimate of drug-likeness (QED) is 0.0779. The Morgan fingerprint density at radius 3 is 2.81 bits per heavy atom. The fraction of sp³-hybridized carbons (Fsp3) is 0.478. The summed E-state index contributed by atoms with van der Waals surface area (Å²) in [6.45, 7) is 4.48. The van der Waals surface area contributed by atoms with Gasteiger partial charge < -0.3 is 41.9 Å². The number of nitrogens with zero attached hydrogens (tertiary/aromatic N) is 6. The molecular weight excluding hydrogens is 592 g/mol. The van der Waals surface area contributed by atoms with Gasteiger partial charge in [0.25, 0.3) is 11.8 Å². The van der Waals surface area contributed by atoms with Crippen molar-refractivity contribution in [3.63, 3.8) is 0 Å². The Hall–Kier alpha value is -4.23. The Balaban J connectivity index is 1.37. The molecule has 5 rings (SSSR count). The smallest absolute Gasteiger partial charge is 0.350 e. The van der Waals surface area contributed by atoms with E-state index in [2.05, 4.69) is 25.1 Å². The van der Waals surface area contributed by atoms with Gasteiger partial charge >= 0.3 is 5.97 Å². The number of nitrogens with one attached hydrogen (secondary N) is 2. The first-order valence-electron chi connectivity index (χ1n) is 12.8. The number of carboxylic acid groups (broad SMARTS) is 2. The van der Waals surface area contributed by atoms with Crippen molar-refractivity contribution in [3.8, 4) is 0 Å². The maximum absolute atomic E-state index is 13.2. The number of nitrogens with two attached hydrogens (primary N) is 2. The number of hydrogen-bond acceptors (Lipinski definition) is 14. The average molecular weight is 621 g/mol. The summed E-state index contributed by atoms with van der Waals surface area (Å²) < 4.78 is 7.81. The van der Waals surface area contributed by atoms with Gasteiger partial charge in [-0.05, 0) is 20.3 Å². The van der Waals surface area contributed by atoms with Crippen LogP contribution in [0.4, 0.5) is 10.9 Å². The van der Waals surface area contributed by atoms with Gasteiger partial charge in [-0.25, -0.2) is 4.79 Å². The number of thioether (sulfide) groups is 1. The van der Waals surface area contributed by atoms with Crippen molar-refractivity contribution < 1.29 is 38.9 Å². The monoisotopic (exact) mass is 620 g/mol. The van der Waals surface area contributed by atoms with E-state index < -0.39 is 46.5 Å². The Labute approximate surface area is 246 Å². The molecule has 2 aromatic rings. The zero-order valence-corrected chi connectivity index (χ0v) is 24.2. The lowest BCUT2D eigenvalue weighted by Crippen LogP contribution is -2.71. The molecule has 19 heteroatoms. The van der Waals surface area contributed by atoms with Gasteiger partial charge in [-0.15, -0.1) is 21.1 Å². The molecule has 42 heavy (non-hydrogen) atoms. The molecule has 0 bridgehead atoms. The van der Waals surface area contributed by atoms with E-state index >= 15 is 0 Å². The number of carboxylic acids is 2. The SMILES string of the molecule is CC(C)(O/N=C(\C(=O)N[C@@H]1C(=O)N2C(C(=O)[O-])=C(C[n+]3cc(CN)c4n3CCCN4)CS[C@H]12)c1nsc(N)n1)C(=O)O. The van der Waals surface area contributed by atoms with Crippen LogP contribution in [0.5, 0.6) is 0 Å². The van der Waals surface area contributed by atoms with Gasteiger partial charge in [-0.2, -0.15) is 9.36 Å². The topological polar surface area (TPSA) is 247 Å². The number of rotatable bonds is 10. The summed E-state index contributed by atoms with van der Waals surface area (Å²) in [6.07, 6.45) is 2.74. The van der Waals surface area contributed by atoms with E-state index in [0.717, 1.165) is 47.3 Å². The first-order chi connectivity index (χ1) is 19.9. The molecule has 3 aliphatic rings. The van der Waals surface area contributed by atoms with E-state index in [1.165, 1.54) is 25.6 Å². The highest BCUT2D eigenvalue weighted by Gasteiger charge is 2.53. The third kappa shape index (κ3) is 5.25. The molecule has 2 aromatic heterocycles. The lowest BCUT2D eigenvalue weighted by atomic mass is 10.0. The minimum Gasteiger partial charge on any atom is -0.543 e. The Morgan fingerprint density at radius 2 is 2.17 bits per heavy atom. The van der Waals surface area contributed by atoms with Crippen LogP contribution in [-0.2, 0) is 43.7 Å². The van der Waals surface area contributed by atoms with Gasteiger partial charge in [0, 0.05) is 35.9 Å². The van der Waals surface area contributed by atoms with Crippen LogP contribution >= 0.6 is 23.3 Å². The van der Waals surface area contributed by atoms with Crippen molar-refractivity contribution in [1.29, 1.82) is 0 Å². The Bertz CT molecular complexity index is 1530. The molecule has 0 aliphatic carbocycles. The molecule has 1 fully saturated rings. The molecule has 0 unspecified atom stereocenters. The van der Waals surface area contributed by atoms with E-state index in [4.69, 9.17) is 16.3 Å². The number of β-lactam (4-membered cyclic amide) rings is 1. The predicted molar refractivity (Wildman–Crippen MR) is 146 cm³/mol. The standard InChI is InChI=1S/C23H28N10O7S2/c1-23(2,21(38)39)40-29-12(15-28-22(25)42-30-15)17(34)27-13-18(35)33-14(20(36)37)11(9-41-19(13)33)8-31-7-10(6-24)16-26-4-3-5-32(16)31/h7,13,19H,3-6,8-9,24H2,1-2H3,(H5,25,27,28,30,34,36,37,38,39)/b29-12-/t13-,19-/m1/s1. The van der Waals surface area contributed by atoms with E-state index in [0.29, 0.717) is 12.1 Å². The number of hydrogen-bond donors (Lipinski definition) is 5. The number of aliphatic carboxylic acids is 2. The van der Waals surface area contributed by atoms with Gasteiger partial charge in [-0.1, -0.05) is 5.16 Å². The predicted octanol–water partition coefficient (Wildman–Crippen LogP) is -2.83. The zero-order chi connectivity index (χ0) is 30.3. The van der Waals surface area contributed by atoms with Crippen LogP contribution in [0.1, 0.15) is 31.7 Å². The fourth-order valence-corrected chi connectivity index (χ4v) is 6.45. The summed E-state index contributed by atoms with van der Waals surface area (Å²) in [4.78, 5) is 60.2.